The van der Waals surface area contributed by atoms with Gasteiger partial charge in [-0.15, -0.1) is 0 Å². The van der Waals surface area contributed by atoms with E-state index in [1.165, 1.54) is 17.7 Å². The summed E-state index contributed by atoms with van der Waals surface area (Å²) in [5.41, 5.74) is 3.91. The van der Waals surface area contributed by atoms with Gasteiger partial charge in [0.15, 0.2) is 0 Å². The zero-order chi connectivity index (χ0) is 21.9. The van der Waals surface area contributed by atoms with Crippen molar-refractivity contribution < 1.29 is 9.18 Å². The van der Waals surface area contributed by atoms with Crippen molar-refractivity contribution in [1.82, 2.24) is 19.4 Å². The monoisotopic (exact) mass is 428 g/mol. The molecule has 2 heterocycles. The van der Waals surface area contributed by atoms with Gasteiger partial charge in [-0.2, -0.15) is 0 Å². The largest absolute Gasteiger partial charge is 0.336 e. The van der Waals surface area contributed by atoms with Gasteiger partial charge in [-0.25, -0.2) is 9.37 Å². The van der Waals surface area contributed by atoms with E-state index < -0.39 is 0 Å². The number of halogens is 1. The van der Waals surface area contributed by atoms with Crippen LogP contribution in [-0.4, -0.2) is 51.4 Å². The number of imidazole rings is 1. The molecule has 0 radical (unpaired) electrons. The number of carbonyl (C=O) groups is 1. The highest BCUT2D eigenvalue weighted by Crippen LogP contribution is 2.20. The van der Waals surface area contributed by atoms with E-state index in [1.807, 2.05) is 17.0 Å². The van der Waals surface area contributed by atoms with E-state index in [9.17, 15) is 9.18 Å². The van der Waals surface area contributed by atoms with E-state index in [-0.39, 0.29) is 11.7 Å². The first-order valence-electron chi connectivity index (χ1n) is 10.9. The Morgan fingerprint density at radius 3 is 2.25 bits per heavy atom. The van der Waals surface area contributed by atoms with E-state index in [1.54, 1.807) is 12.1 Å². The molecule has 1 amide bonds. The van der Waals surface area contributed by atoms with Crippen LogP contribution in [0.5, 0.6) is 0 Å². The van der Waals surface area contributed by atoms with E-state index in [4.69, 9.17) is 4.98 Å². The molecule has 0 bridgehead atoms. The molecule has 6 heteroatoms. The third-order valence-corrected chi connectivity index (χ3v) is 6.03. The highest BCUT2D eigenvalue weighted by atomic mass is 19.1. The van der Waals surface area contributed by atoms with Crippen LogP contribution >= 0.6 is 0 Å². The first-order chi connectivity index (χ1) is 15.7. The van der Waals surface area contributed by atoms with Gasteiger partial charge in [-0.3, -0.25) is 9.69 Å². The number of piperazine rings is 1. The van der Waals surface area contributed by atoms with Crippen LogP contribution in [0.3, 0.4) is 0 Å². The molecule has 32 heavy (non-hydrogen) atoms. The van der Waals surface area contributed by atoms with Crippen molar-refractivity contribution in [3.05, 3.63) is 102 Å². The number of para-hydroxylation sites is 2. The summed E-state index contributed by atoms with van der Waals surface area (Å²) < 4.78 is 15.5. The van der Waals surface area contributed by atoms with Crippen LogP contribution in [0.4, 0.5) is 4.39 Å². The van der Waals surface area contributed by atoms with Crippen LogP contribution in [0.15, 0.2) is 78.9 Å². The van der Waals surface area contributed by atoms with Gasteiger partial charge in [-0.05, 0) is 42.0 Å². The standard InChI is InChI=1S/C26H25FN4O/c27-22-12-10-21(11-13-22)26(32)30-16-14-29(15-17-30)19-25-28-23-8-4-5-9-24(23)31(25)18-20-6-2-1-3-7-20/h1-13H,14-19H2. The summed E-state index contributed by atoms with van der Waals surface area (Å²) in [4.78, 5) is 21.8. The van der Waals surface area contributed by atoms with Crippen LogP contribution < -0.4 is 0 Å². The summed E-state index contributed by atoms with van der Waals surface area (Å²) in [6, 6.07) is 24.4. The van der Waals surface area contributed by atoms with Crippen LogP contribution in [0.1, 0.15) is 21.7 Å². The van der Waals surface area contributed by atoms with Gasteiger partial charge in [-0.1, -0.05) is 42.5 Å². The lowest BCUT2D eigenvalue weighted by Gasteiger charge is -2.34. The van der Waals surface area contributed by atoms with Crippen molar-refractivity contribution in [2.24, 2.45) is 0 Å². The number of nitrogens with zero attached hydrogens (tertiary/aromatic N) is 4. The number of fused-ring (bicyclic) bond motifs is 1. The zero-order valence-corrected chi connectivity index (χ0v) is 17.8. The molecule has 1 fully saturated rings. The number of carbonyl (C=O) groups excluding carboxylic acids is 1. The smallest absolute Gasteiger partial charge is 0.253 e. The molecule has 1 saturated heterocycles. The zero-order valence-electron chi connectivity index (χ0n) is 17.8. The Bertz CT molecular complexity index is 1210. The summed E-state index contributed by atoms with van der Waals surface area (Å²) in [5.74, 6) is 0.666. The Hall–Kier alpha value is -3.51. The predicted molar refractivity (Wildman–Crippen MR) is 123 cm³/mol. The van der Waals surface area contributed by atoms with Gasteiger partial charge in [0.25, 0.3) is 5.91 Å². The van der Waals surface area contributed by atoms with Crippen molar-refractivity contribution in [3.8, 4) is 0 Å². The molecule has 0 saturated carbocycles. The first-order valence-corrected chi connectivity index (χ1v) is 10.9. The van der Waals surface area contributed by atoms with E-state index in [2.05, 4.69) is 51.9 Å². The Morgan fingerprint density at radius 2 is 1.50 bits per heavy atom. The normalized spacial score (nSPS) is 14.7. The molecule has 5 rings (SSSR count). The molecule has 0 unspecified atom stereocenters. The fourth-order valence-electron chi connectivity index (χ4n) is 4.27. The summed E-state index contributed by atoms with van der Waals surface area (Å²) in [5, 5.41) is 0. The first kappa shape index (κ1) is 20.4. The second-order valence-corrected chi connectivity index (χ2v) is 8.16. The highest BCUT2D eigenvalue weighted by Gasteiger charge is 2.23. The van der Waals surface area contributed by atoms with Gasteiger partial charge < -0.3 is 9.47 Å². The van der Waals surface area contributed by atoms with Crippen molar-refractivity contribution in [2.75, 3.05) is 26.2 Å². The molecule has 4 aromatic rings. The van der Waals surface area contributed by atoms with Crippen molar-refractivity contribution in [2.45, 2.75) is 13.1 Å². The van der Waals surface area contributed by atoms with Gasteiger partial charge in [0, 0.05) is 38.3 Å². The van der Waals surface area contributed by atoms with Gasteiger partial charge >= 0.3 is 0 Å². The topological polar surface area (TPSA) is 41.4 Å². The number of benzene rings is 3. The average Bonchev–Trinajstić information content (AvgIpc) is 3.17. The third-order valence-electron chi connectivity index (χ3n) is 6.03. The highest BCUT2D eigenvalue weighted by molar-refractivity contribution is 5.94. The quantitative estimate of drug-likeness (QED) is 0.479. The SMILES string of the molecule is O=C(c1ccc(F)cc1)N1CCN(Cc2nc3ccccc3n2Cc2ccccc2)CC1. The average molecular weight is 429 g/mol. The minimum absolute atomic E-state index is 0.0408. The molecule has 0 aliphatic carbocycles. The Morgan fingerprint density at radius 1 is 0.812 bits per heavy atom. The maximum absolute atomic E-state index is 13.2. The summed E-state index contributed by atoms with van der Waals surface area (Å²) in [7, 11) is 0. The third kappa shape index (κ3) is 4.27. The van der Waals surface area contributed by atoms with Gasteiger partial charge in [0.1, 0.15) is 11.6 Å². The van der Waals surface area contributed by atoms with Crippen molar-refractivity contribution in [1.29, 1.82) is 0 Å². The lowest BCUT2D eigenvalue weighted by atomic mass is 10.2. The number of aromatic nitrogens is 2. The maximum atomic E-state index is 13.2. The molecular formula is C26H25FN4O. The molecule has 3 aromatic carbocycles. The van der Waals surface area contributed by atoms with Crippen LogP contribution in [0.2, 0.25) is 0 Å². The number of hydrogen-bond acceptors (Lipinski definition) is 3. The fourth-order valence-corrected chi connectivity index (χ4v) is 4.27. The molecule has 0 atom stereocenters. The molecular weight excluding hydrogens is 403 g/mol. The van der Waals surface area contributed by atoms with Gasteiger partial charge in [0.2, 0.25) is 0 Å². The molecule has 1 aromatic heterocycles. The lowest BCUT2D eigenvalue weighted by molar-refractivity contribution is 0.0624. The number of amides is 1. The Balaban J connectivity index is 1.30. The predicted octanol–water partition coefficient (Wildman–Crippen LogP) is 4.18. The fraction of sp³-hybridized carbons (Fsp3) is 0.231. The molecule has 0 N–H and O–H groups in total. The Kier molecular flexibility index (Phi) is 5.69. The Labute approximate surface area is 186 Å². The number of hydrogen-bond donors (Lipinski definition) is 0. The van der Waals surface area contributed by atoms with Crippen LogP contribution in [0.25, 0.3) is 11.0 Å². The maximum Gasteiger partial charge on any atom is 0.253 e. The van der Waals surface area contributed by atoms with E-state index in [0.717, 1.165) is 43.0 Å². The summed E-state index contributed by atoms with van der Waals surface area (Å²) in [6.07, 6.45) is 0. The molecule has 5 nitrogen and oxygen atoms in total. The summed E-state index contributed by atoms with van der Waals surface area (Å²) in [6.45, 7) is 4.37. The lowest BCUT2D eigenvalue weighted by Crippen LogP contribution is -2.48. The molecule has 1 aliphatic rings. The summed E-state index contributed by atoms with van der Waals surface area (Å²) >= 11 is 0. The van der Waals surface area contributed by atoms with E-state index >= 15 is 0 Å². The second-order valence-electron chi connectivity index (χ2n) is 8.16. The molecule has 0 spiro atoms. The van der Waals surface area contributed by atoms with Crippen LogP contribution in [-0.2, 0) is 13.1 Å². The van der Waals surface area contributed by atoms with Crippen molar-refractivity contribution >= 4 is 16.9 Å². The van der Waals surface area contributed by atoms with Crippen LogP contribution in [0, 0.1) is 5.82 Å². The second kappa shape index (κ2) is 8.93. The number of rotatable bonds is 5. The van der Waals surface area contributed by atoms with E-state index in [0.29, 0.717) is 18.7 Å². The minimum atomic E-state index is -0.329. The molecule has 1 aliphatic heterocycles. The molecule has 162 valence electrons. The van der Waals surface area contributed by atoms with Crippen molar-refractivity contribution in [3.63, 3.8) is 0 Å². The minimum Gasteiger partial charge on any atom is -0.336 e. The van der Waals surface area contributed by atoms with Gasteiger partial charge in [0.05, 0.1) is 17.6 Å².